The number of halogens is 3. The molecule has 0 radical (unpaired) electrons. The van der Waals surface area contributed by atoms with Crippen molar-refractivity contribution in [1.82, 2.24) is 9.97 Å². The van der Waals surface area contributed by atoms with Gasteiger partial charge in [0.1, 0.15) is 11.0 Å². The number of rotatable bonds is 4. The van der Waals surface area contributed by atoms with Gasteiger partial charge >= 0.3 is 6.29 Å². The summed E-state index contributed by atoms with van der Waals surface area (Å²) in [5.74, 6) is 1.14. The van der Waals surface area contributed by atoms with Gasteiger partial charge in [-0.3, -0.25) is 0 Å². The van der Waals surface area contributed by atoms with Crippen molar-refractivity contribution in [2.24, 2.45) is 0 Å². The van der Waals surface area contributed by atoms with Crippen LogP contribution >= 0.6 is 11.6 Å². The normalized spacial score (nSPS) is 19.4. The lowest BCUT2D eigenvalue weighted by atomic mass is 9.99. The molecule has 1 aromatic carbocycles. The van der Waals surface area contributed by atoms with Gasteiger partial charge in [0.2, 0.25) is 5.95 Å². The Morgan fingerprint density at radius 1 is 1.33 bits per heavy atom. The Morgan fingerprint density at radius 3 is 2.85 bits per heavy atom. The molecule has 144 valence electrons. The Hall–Kier alpha value is -2.35. The molecule has 3 heterocycles. The molecule has 27 heavy (non-hydrogen) atoms. The van der Waals surface area contributed by atoms with Crippen molar-refractivity contribution in [3.8, 4) is 11.5 Å². The first kappa shape index (κ1) is 18.0. The maximum Gasteiger partial charge on any atom is 0.586 e. The topological polar surface area (TPSA) is 73.5 Å². The summed E-state index contributed by atoms with van der Waals surface area (Å²) in [6, 6.07) is 3.26. The number of ether oxygens (including phenoxy) is 2. The molecule has 4 rings (SSSR count). The third kappa shape index (κ3) is 3.12. The third-order valence-corrected chi connectivity index (χ3v) is 5.26. The van der Waals surface area contributed by atoms with E-state index in [1.165, 1.54) is 6.07 Å². The first-order valence-electron chi connectivity index (χ1n) is 8.75. The first-order valence-corrected chi connectivity index (χ1v) is 9.13. The van der Waals surface area contributed by atoms with Crippen LogP contribution in [-0.4, -0.2) is 22.8 Å². The smallest absolute Gasteiger partial charge is 0.395 e. The van der Waals surface area contributed by atoms with Crippen LogP contribution in [0.3, 0.4) is 0 Å². The SMILES string of the molecule is CCCC1CN(Cc2ccc3c(c2C)OC(F)(F)O3)c2nc(N)nc(Cl)c21. The molecule has 0 spiro atoms. The number of aromatic nitrogens is 2. The standard InChI is InChI=1S/C18H19ClF2N4O2/c1-3-4-11-8-25(16-13(11)15(19)23-17(22)24-16)7-10-5-6-12-14(9(10)2)27-18(20,21)26-12/h5-6,11H,3-4,7-8H2,1-2H3,(H2,22,23,24). The van der Waals surface area contributed by atoms with Crippen molar-refractivity contribution < 1.29 is 18.3 Å². The molecule has 2 N–H and O–H groups in total. The van der Waals surface area contributed by atoms with Crippen LogP contribution in [0.2, 0.25) is 5.15 Å². The number of nitrogens with zero attached hydrogens (tertiary/aromatic N) is 3. The molecule has 0 aliphatic carbocycles. The quantitative estimate of drug-likeness (QED) is 0.779. The van der Waals surface area contributed by atoms with E-state index in [0.717, 1.165) is 24.0 Å². The Balaban J connectivity index is 1.67. The Morgan fingerprint density at radius 2 is 2.11 bits per heavy atom. The zero-order valence-corrected chi connectivity index (χ0v) is 15.7. The number of benzene rings is 1. The number of hydrogen-bond donors (Lipinski definition) is 1. The van der Waals surface area contributed by atoms with Gasteiger partial charge in [0, 0.05) is 30.1 Å². The van der Waals surface area contributed by atoms with Crippen LogP contribution in [0.25, 0.3) is 0 Å². The molecule has 1 aromatic heterocycles. The monoisotopic (exact) mass is 396 g/mol. The second kappa shape index (κ2) is 6.37. The number of nitrogen functional groups attached to an aromatic ring is 1. The zero-order valence-electron chi connectivity index (χ0n) is 14.9. The first-order chi connectivity index (χ1) is 12.8. The number of anilines is 2. The van der Waals surface area contributed by atoms with Crippen LogP contribution in [0.1, 0.15) is 42.4 Å². The molecular formula is C18H19ClF2N4O2. The lowest BCUT2D eigenvalue weighted by molar-refractivity contribution is -0.286. The number of alkyl halides is 2. The number of nitrogens with two attached hydrogens (primary N) is 1. The molecule has 9 heteroatoms. The second-order valence-corrected chi connectivity index (χ2v) is 7.18. The fourth-order valence-electron chi connectivity index (χ4n) is 3.77. The van der Waals surface area contributed by atoms with E-state index in [2.05, 4.69) is 31.3 Å². The highest BCUT2D eigenvalue weighted by atomic mass is 35.5. The molecule has 2 aromatic rings. The van der Waals surface area contributed by atoms with Crippen LogP contribution in [0.15, 0.2) is 12.1 Å². The summed E-state index contributed by atoms with van der Waals surface area (Å²) in [5.41, 5.74) is 8.14. The summed E-state index contributed by atoms with van der Waals surface area (Å²) in [6.07, 6.45) is -1.69. The summed E-state index contributed by atoms with van der Waals surface area (Å²) in [4.78, 5) is 10.5. The molecular weight excluding hydrogens is 378 g/mol. The molecule has 0 bridgehead atoms. The largest absolute Gasteiger partial charge is 0.586 e. The highest BCUT2D eigenvalue weighted by molar-refractivity contribution is 6.30. The number of fused-ring (bicyclic) bond motifs is 2. The summed E-state index contributed by atoms with van der Waals surface area (Å²) in [7, 11) is 0. The predicted molar refractivity (Wildman–Crippen MR) is 97.5 cm³/mol. The van der Waals surface area contributed by atoms with E-state index in [1.807, 2.05) is 0 Å². The fourth-order valence-corrected chi connectivity index (χ4v) is 4.09. The molecule has 6 nitrogen and oxygen atoms in total. The summed E-state index contributed by atoms with van der Waals surface area (Å²) in [5, 5.41) is 0.375. The van der Waals surface area contributed by atoms with E-state index in [4.69, 9.17) is 17.3 Å². The van der Waals surface area contributed by atoms with Gasteiger partial charge in [0.05, 0.1) is 0 Å². The average Bonchev–Trinajstić information content (AvgIpc) is 3.08. The van der Waals surface area contributed by atoms with E-state index in [1.54, 1.807) is 13.0 Å². The number of hydrogen-bond acceptors (Lipinski definition) is 6. The maximum absolute atomic E-state index is 13.4. The van der Waals surface area contributed by atoms with Crippen molar-refractivity contribution in [2.45, 2.75) is 45.4 Å². The molecule has 0 amide bonds. The molecule has 2 aliphatic heterocycles. The average molecular weight is 397 g/mol. The molecule has 2 aliphatic rings. The minimum atomic E-state index is -3.63. The second-order valence-electron chi connectivity index (χ2n) is 6.82. The van der Waals surface area contributed by atoms with Gasteiger partial charge in [-0.15, -0.1) is 8.78 Å². The van der Waals surface area contributed by atoms with Gasteiger partial charge in [0.15, 0.2) is 11.5 Å². The van der Waals surface area contributed by atoms with E-state index < -0.39 is 6.29 Å². The Bertz CT molecular complexity index is 909. The lowest BCUT2D eigenvalue weighted by Crippen LogP contribution is -2.26. The van der Waals surface area contributed by atoms with Gasteiger partial charge < -0.3 is 20.1 Å². The summed E-state index contributed by atoms with van der Waals surface area (Å²) >= 11 is 6.34. The molecule has 0 fully saturated rings. The van der Waals surface area contributed by atoms with Crippen LogP contribution in [0.4, 0.5) is 20.5 Å². The van der Waals surface area contributed by atoms with Crippen LogP contribution in [0.5, 0.6) is 11.5 Å². The highest BCUT2D eigenvalue weighted by Gasteiger charge is 2.44. The van der Waals surface area contributed by atoms with Crippen LogP contribution < -0.4 is 20.1 Å². The van der Waals surface area contributed by atoms with E-state index in [9.17, 15) is 8.78 Å². The van der Waals surface area contributed by atoms with Crippen molar-refractivity contribution in [1.29, 1.82) is 0 Å². The van der Waals surface area contributed by atoms with Crippen LogP contribution in [0, 0.1) is 6.92 Å². The fraction of sp³-hybridized carbons (Fsp3) is 0.444. The minimum Gasteiger partial charge on any atom is -0.395 e. The maximum atomic E-state index is 13.4. The van der Waals surface area contributed by atoms with Crippen molar-refractivity contribution in [3.63, 3.8) is 0 Å². The predicted octanol–water partition coefficient (Wildman–Crippen LogP) is 4.25. The van der Waals surface area contributed by atoms with Crippen LogP contribution in [-0.2, 0) is 6.54 Å². The zero-order chi connectivity index (χ0) is 19.3. The van der Waals surface area contributed by atoms with Gasteiger partial charge in [-0.25, -0.2) is 4.98 Å². The van der Waals surface area contributed by atoms with Crippen molar-refractivity contribution in [2.75, 3.05) is 17.2 Å². The minimum absolute atomic E-state index is 0.0431. The third-order valence-electron chi connectivity index (χ3n) is 4.97. The van der Waals surface area contributed by atoms with Gasteiger partial charge in [0.25, 0.3) is 0 Å². The Labute approximate surface area is 160 Å². The van der Waals surface area contributed by atoms with E-state index in [0.29, 0.717) is 29.6 Å². The molecule has 1 unspecified atom stereocenters. The van der Waals surface area contributed by atoms with Crippen molar-refractivity contribution >= 4 is 23.4 Å². The Kier molecular flexibility index (Phi) is 4.25. The van der Waals surface area contributed by atoms with Gasteiger partial charge in [-0.05, 0) is 25.0 Å². The van der Waals surface area contributed by atoms with E-state index >= 15 is 0 Å². The van der Waals surface area contributed by atoms with Gasteiger partial charge in [-0.2, -0.15) is 4.98 Å². The van der Waals surface area contributed by atoms with Gasteiger partial charge in [-0.1, -0.05) is 31.0 Å². The van der Waals surface area contributed by atoms with E-state index in [-0.39, 0.29) is 23.4 Å². The lowest BCUT2D eigenvalue weighted by Gasteiger charge is -2.20. The molecule has 1 atom stereocenters. The molecule has 0 saturated heterocycles. The molecule has 0 saturated carbocycles. The highest BCUT2D eigenvalue weighted by Crippen LogP contribution is 2.46. The summed E-state index contributed by atoms with van der Waals surface area (Å²) < 4.78 is 35.9. The van der Waals surface area contributed by atoms with Crippen molar-refractivity contribution in [3.05, 3.63) is 34.0 Å². The summed E-state index contributed by atoms with van der Waals surface area (Å²) in [6.45, 7) is 5.02.